The molecule has 0 bridgehead atoms. The Morgan fingerprint density at radius 3 is 2.68 bits per heavy atom. The van der Waals surface area contributed by atoms with Gasteiger partial charge in [0, 0.05) is 29.3 Å². The van der Waals surface area contributed by atoms with Gasteiger partial charge in [-0.3, -0.25) is 4.79 Å². The van der Waals surface area contributed by atoms with Crippen molar-refractivity contribution in [1.82, 2.24) is 4.90 Å². The Balaban J connectivity index is 2.77. The van der Waals surface area contributed by atoms with E-state index in [0.29, 0.717) is 24.4 Å². The Morgan fingerprint density at radius 1 is 1.47 bits per heavy atom. The molecule has 5 heteroatoms. The monoisotopic (exact) mass is 328 g/mol. The number of carbonyl (C=O) groups excluding carboxylic acids is 1. The van der Waals surface area contributed by atoms with Crippen LogP contribution in [0.25, 0.3) is 0 Å². The first-order chi connectivity index (χ1) is 8.82. The topological polar surface area (TPSA) is 55.6 Å². The molecular formula is C14H21BrN2O2. The van der Waals surface area contributed by atoms with E-state index in [9.17, 15) is 4.79 Å². The van der Waals surface area contributed by atoms with Crippen molar-refractivity contribution in [3.63, 3.8) is 0 Å². The van der Waals surface area contributed by atoms with Crippen LogP contribution in [0.2, 0.25) is 0 Å². The van der Waals surface area contributed by atoms with Crippen LogP contribution >= 0.6 is 15.9 Å². The largest absolute Gasteiger partial charge is 0.398 e. The number of carbonyl (C=O) groups is 1. The zero-order chi connectivity index (χ0) is 14.6. The molecule has 0 unspecified atom stereocenters. The van der Waals surface area contributed by atoms with E-state index in [4.69, 9.17) is 10.5 Å². The Bertz CT molecular complexity index is 461. The Kier molecular flexibility index (Phi) is 5.82. The highest BCUT2D eigenvalue weighted by Gasteiger charge is 2.16. The second-order valence-electron chi connectivity index (χ2n) is 4.81. The van der Waals surface area contributed by atoms with Gasteiger partial charge in [0.05, 0.1) is 12.7 Å². The minimum absolute atomic E-state index is 0.0437. The summed E-state index contributed by atoms with van der Waals surface area (Å²) in [6, 6.07) is 3.60. The molecule has 4 nitrogen and oxygen atoms in total. The van der Waals surface area contributed by atoms with Crippen LogP contribution in [0.15, 0.2) is 16.6 Å². The predicted octanol–water partition coefficient (Wildman–Crippen LogP) is 2.84. The molecular weight excluding hydrogens is 308 g/mol. The lowest BCUT2D eigenvalue weighted by molar-refractivity contribution is 0.0531. The average molecular weight is 329 g/mol. The van der Waals surface area contributed by atoms with Gasteiger partial charge in [-0.2, -0.15) is 0 Å². The molecule has 0 spiro atoms. The van der Waals surface area contributed by atoms with Crippen LogP contribution in [-0.4, -0.2) is 37.1 Å². The molecule has 0 aliphatic rings. The van der Waals surface area contributed by atoms with E-state index in [1.807, 2.05) is 20.8 Å². The molecule has 0 atom stereocenters. The number of anilines is 1. The minimum Gasteiger partial charge on any atom is -0.398 e. The summed E-state index contributed by atoms with van der Waals surface area (Å²) in [5.74, 6) is -0.0437. The number of nitrogens with zero attached hydrogens (tertiary/aromatic N) is 1. The molecule has 0 aromatic heterocycles. The molecule has 1 amide bonds. The Morgan fingerprint density at radius 2 is 2.11 bits per heavy atom. The molecule has 0 saturated carbocycles. The normalized spacial score (nSPS) is 10.8. The summed E-state index contributed by atoms with van der Waals surface area (Å²) < 4.78 is 6.26. The number of ether oxygens (including phenoxy) is 1. The third kappa shape index (κ3) is 4.51. The van der Waals surface area contributed by atoms with Crippen molar-refractivity contribution in [2.24, 2.45) is 0 Å². The first-order valence-corrected chi connectivity index (χ1v) is 7.05. The number of halogens is 1. The Hall–Kier alpha value is -1.07. The average Bonchev–Trinajstić information content (AvgIpc) is 2.32. The summed E-state index contributed by atoms with van der Waals surface area (Å²) >= 11 is 3.36. The number of hydrogen-bond donors (Lipinski definition) is 1. The number of likely N-dealkylation sites (N-methyl/N-ethyl adjacent to an activating group) is 1. The van der Waals surface area contributed by atoms with Gasteiger partial charge in [0.25, 0.3) is 5.91 Å². The zero-order valence-corrected chi connectivity index (χ0v) is 13.5. The quantitative estimate of drug-likeness (QED) is 0.845. The van der Waals surface area contributed by atoms with Crippen LogP contribution in [0.1, 0.15) is 29.8 Å². The second kappa shape index (κ2) is 6.91. The molecule has 1 aromatic carbocycles. The van der Waals surface area contributed by atoms with E-state index < -0.39 is 0 Å². The van der Waals surface area contributed by atoms with Gasteiger partial charge in [-0.15, -0.1) is 0 Å². The molecule has 0 aliphatic carbocycles. The number of amides is 1. The van der Waals surface area contributed by atoms with Crippen molar-refractivity contribution in [3.05, 3.63) is 27.7 Å². The third-order valence-corrected chi connectivity index (χ3v) is 3.33. The number of benzene rings is 1. The first kappa shape index (κ1) is 16.0. The van der Waals surface area contributed by atoms with E-state index in [1.165, 1.54) is 0 Å². The van der Waals surface area contributed by atoms with Crippen molar-refractivity contribution < 1.29 is 9.53 Å². The van der Waals surface area contributed by atoms with E-state index in [0.717, 1.165) is 10.0 Å². The SMILES string of the molecule is Cc1c(N)cc(Br)cc1C(=O)N(C)CCOC(C)C. The van der Waals surface area contributed by atoms with Gasteiger partial charge in [0.15, 0.2) is 0 Å². The van der Waals surface area contributed by atoms with Gasteiger partial charge < -0.3 is 15.4 Å². The summed E-state index contributed by atoms with van der Waals surface area (Å²) in [7, 11) is 1.77. The molecule has 0 fully saturated rings. The first-order valence-electron chi connectivity index (χ1n) is 6.25. The lowest BCUT2D eigenvalue weighted by atomic mass is 10.1. The van der Waals surface area contributed by atoms with Crippen LogP contribution in [0, 0.1) is 6.92 Å². The van der Waals surface area contributed by atoms with Gasteiger partial charge in [-0.05, 0) is 38.5 Å². The lowest BCUT2D eigenvalue weighted by Crippen LogP contribution is -2.31. The zero-order valence-electron chi connectivity index (χ0n) is 11.9. The third-order valence-electron chi connectivity index (χ3n) is 2.87. The summed E-state index contributed by atoms with van der Waals surface area (Å²) in [6.45, 7) is 6.89. The maximum absolute atomic E-state index is 12.3. The van der Waals surface area contributed by atoms with Gasteiger partial charge >= 0.3 is 0 Å². The highest BCUT2D eigenvalue weighted by Crippen LogP contribution is 2.23. The summed E-state index contributed by atoms with van der Waals surface area (Å²) in [5.41, 5.74) is 7.92. The number of nitrogen functional groups attached to an aromatic ring is 1. The van der Waals surface area contributed by atoms with Gasteiger partial charge in [0.1, 0.15) is 0 Å². The standard InChI is InChI=1S/C14H21BrN2O2/c1-9(2)19-6-5-17(4)14(18)12-7-11(15)8-13(16)10(12)3/h7-9H,5-6,16H2,1-4H3. The number of rotatable bonds is 5. The minimum atomic E-state index is -0.0437. The van der Waals surface area contributed by atoms with Crippen LogP contribution < -0.4 is 5.73 Å². The fourth-order valence-corrected chi connectivity index (χ4v) is 2.13. The van der Waals surface area contributed by atoms with Crippen LogP contribution in [0.3, 0.4) is 0 Å². The maximum Gasteiger partial charge on any atom is 0.254 e. The van der Waals surface area contributed by atoms with E-state index in [2.05, 4.69) is 15.9 Å². The summed E-state index contributed by atoms with van der Waals surface area (Å²) in [4.78, 5) is 14.0. The lowest BCUT2D eigenvalue weighted by Gasteiger charge is -2.20. The van der Waals surface area contributed by atoms with E-state index in [-0.39, 0.29) is 12.0 Å². The predicted molar refractivity (Wildman–Crippen MR) is 81.3 cm³/mol. The van der Waals surface area contributed by atoms with Gasteiger partial charge in [0.2, 0.25) is 0 Å². The maximum atomic E-state index is 12.3. The summed E-state index contributed by atoms with van der Waals surface area (Å²) in [5, 5.41) is 0. The van der Waals surface area contributed by atoms with Crippen molar-refractivity contribution in [2.45, 2.75) is 26.9 Å². The van der Waals surface area contributed by atoms with Crippen LogP contribution in [-0.2, 0) is 4.74 Å². The van der Waals surface area contributed by atoms with E-state index in [1.54, 1.807) is 24.1 Å². The fourth-order valence-electron chi connectivity index (χ4n) is 1.65. The molecule has 0 heterocycles. The molecule has 0 saturated heterocycles. The molecule has 19 heavy (non-hydrogen) atoms. The van der Waals surface area contributed by atoms with Gasteiger partial charge in [-0.1, -0.05) is 15.9 Å². The highest BCUT2D eigenvalue weighted by atomic mass is 79.9. The highest BCUT2D eigenvalue weighted by molar-refractivity contribution is 9.10. The molecule has 106 valence electrons. The molecule has 1 rings (SSSR count). The number of nitrogens with two attached hydrogens (primary N) is 1. The van der Waals surface area contributed by atoms with Crippen molar-refractivity contribution in [3.8, 4) is 0 Å². The molecule has 0 radical (unpaired) electrons. The van der Waals surface area contributed by atoms with Gasteiger partial charge in [-0.25, -0.2) is 0 Å². The van der Waals surface area contributed by atoms with Crippen LogP contribution in [0.4, 0.5) is 5.69 Å². The van der Waals surface area contributed by atoms with Crippen molar-refractivity contribution in [1.29, 1.82) is 0 Å². The fraction of sp³-hybridized carbons (Fsp3) is 0.500. The van der Waals surface area contributed by atoms with Crippen molar-refractivity contribution >= 4 is 27.5 Å². The number of hydrogen-bond acceptors (Lipinski definition) is 3. The van der Waals surface area contributed by atoms with E-state index >= 15 is 0 Å². The molecule has 1 aromatic rings. The molecule has 0 aliphatic heterocycles. The van der Waals surface area contributed by atoms with Crippen molar-refractivity contribution in [2.75, 3.05) is 25.9 Å². The van der Waals surface area contributed by atoms with Crippen LogP contribution in [0.5, 0.6) is 0 Å². The summed E-state index contributed by atoms with van der Waals surface area (Å²) in [6.07, 6.45) is 0.173. The Labute approximate surface area is 123 Å². The smallest absolute Gasteiger partial charge is 0.254 e. The second-order valence-corrected chi connectivity index (χ2v) is 5.73. The molecule has 2 N–H and O–H groups in total.